The fraction of sp³-hybridized carbons (Fsp3) is 0.381. The Labute approximate surface area is 163 Å². The molecule has 5 rings (SSSR count). The van der Waals surface area contributed by atoms with Crippen molar-refractivity contribution in [3.8, 4) is 11.1 Å². The molecule has 0 spiro atoms. The number of ether oxygens (including phenoxy) is 1. The highest BCUT2D eigenvalue weighted by Gasteiger charge is 2.24. The fourth-order valence-electron chi connectivity index (χ4n) is 3.98. The van der Waals surface area contributed by atoms with E-state index in [0.717, 1.165) is 65.5 Å². The van der Waals surface area contributed by atoms with Crippen LogP contribution < -0.4 is 4.90 Å². The minimum absolute atomic E-state index is 0.298. The van der Waals surface area contributed by atoms with Crippen LogP contribution in [0.15, 0.2) is 30.6 Å². The van der Waals surface area contributed by atoms with Gasteiger partial charge in [0.15, 0.2) is 0 Å². The van der Waals surface area contributed by atoms with Crippen molar-refractivity contribution in [2.24, 2.45) is 0 Å². The molecule has 7 heteroatoms. The van der Waals surface area contributed by atoms with Crippen LogP contribution in [0, 0.1) is 6.92 Å². The van der Waals surface area contributed by atoms with Crippen molar-refractivity contribution < 1.29 is 4.74 Å². The van der Waals surface area contributed by atoms with E-state index in [4.69, 9.17) is 14.8 Å². The number of benzene rings is 1. The third kappa shape index (κ3) is 2.65. The van der Waals surface area contributed by atoms with E-state index in [1.54, 1.807) is 0 Å². The molecule has 1 aliphatic heterocycles. The molecule has 1 saturated heterocycles. The number of hydrogen-bond acceptors (Lipinski definition) is 5. The van der Waals surface area contributed by atoms with Gasteiger partial charge >= 0.3 is 0 Å². The SMILES string of the molecule is Cc1cnc(N2CCOCC2)n2nc(C(C)C)c(-c3ccc4[nH]ncc4c3)c12. The topological polar surface area (TPSA) is 71.3 Å². The second kappa shape index (κ2) is 6.60. The van der Waals surface area contributed by atoms with Gasteiger partial charge in [-0.15, -0.1) is 0 Å². The fourth-order valence-corrected chi connectivity index (χ4v) is 3.98. The number of aryl methyl sites for hydroxylation is 1. The maximum atomic E-state index is 5.52. The summed E-state index contributed by atoms with van der Waals surface area (Å²) in [6.07, 6.45) is 3.83. The summed E-state index contributed by atoms with van der Waals surface area (Å²) in [5.74, 6) is 1.19. The maximum absolute atomic E-state index is 5.52. The van der Waals surface area contributed by atoms with Gasteiger partial charge in [-0.05, 0) is 36.1 Å². The Morgan fingerprint density at radius 1 is 1.14 bits per heavy atom. The van der Waals surface area contributed by atoms with E-state index in [9.17, 15) is 0 Å². The van der Waals surface area contributed by atoms with Gasteiger partial charge in [-0.1, -0.05) is 19.9 Å². The number of hydrogen-bond donors (Lipinski definition) is 1. The van der Waals surface area contributed by atoms with E-state index in [0.29, 0.717) is 5.92 Å². The van der Waals surface area contributed by atoms with E-state index in [-0.39, 0.29) is 0 Å². The molecule has 144 valence electrons. The quantitative estimate of drug-likeness (QED) is 0.592. The van der Waals surface area contributed by atoms with Crippen LogP contribution in [-0.4, -0.2) is 51.1 Å². The van der Waals surface area contributed by atoms with E-state index < -0.39 is 0 Å². The standard InChI is InChI=1S/C21H24N6O/c1-13(2)19-18(15-4-5-17-16(10-15)12-23-24-17)20-14(3)11-22-21(27(20)25-19)26-6-8-28-9-7-26/h4-5,10-13H,6-9H2,1-3H3,(H,23,24). The third-order valence-electron chi connectivity index (χ3n) is 5.42. The van der Waals surface area contributed by atoms with Crippen LogP contribution in [-0.2, 0) is 4.74 Å². The zero-order chi connectivity index (χ0) is 19.3. The first-order valence-electron chi connectivity index (χ1n) is 9.78. The maximum Gasteiger partial charge on any atom is 0.227 e. The summed E-state index contributed by atoms with van der Waals surface area (Å²) in [4.78, 5) is 7.00. The molecule has 0 amide bonds. The van der Waals surface area contributed by atoms with Gasteiger partial charge in [-0.3, -0.25) is 5.10 Å². The largest absolute Gasteiger partial charge is 0.378 e. The molecule has 0 atom stereocenters. The predicted octanol–water partition coefficient (Wildman–Crippen LogP) is 3.54. The van der Waals surface area contributed by atoms with Gasteiger partial charge in [-0.25, -0.2) is 4.98 Å². The van der Waals surface area contributed by atoms with E-state index in [1.165, 1.54) is 5.56 Å². The molecule has 0 aliphatic carbocycles. The number of morpholine rings is 1. The molecule has 1 aromatic carbocycles. The zero-order valence-corrected chi connectivity index (χ0v) is 16.4. The van der Waals surface area contributed by atoms with Gasteiger partial charge in [0, 0.05) is 30.2 Å². The molecule has 28 heavy (non-hydrogen) atoms. The van der Waals surface area contributed by atoms with Gasteiger partial charge < -0.3 is 9.64 Å². The highest BCUT2D eigenvalue weighted by Crippen LogP contribution is 2.36. The number of nitrogens with one attached hydrogen (secondary N) is 1. The highest BCUT2D eigenvalue weighted by atomic mass is 16.5. The van der Waals surface area contributed by atoms with Crippen LogP contribution in [0.2, 0.25) is 0 Å². The average Bonchev–Trinajstić information content (AvgIpc) is 3.33. The average molecular weight is 376 g/mol. The van der Waals surface area contributed by atoms with Gasteiger partial charge in [0.1, 0.15) is 0 Å². The number of H-pyrrole nitrogens is 1. The second-order valence-corrected chi connectivity index (χ2v) is 7.69. The van der Waals surface area contributed by atoms with Crippen LogP contribution in [0.5, 0.6) is 0 Å². The molecule has 0 radical (unpaired) electrons. The lowest BCUT2D eigenvalue weighted by molar-refractivity contribution is 0.122. The number of rotatable bonds is 3. The molecule has 0 bridgehead atoms. The van der Waals surface area contributed by atoms with Gasteiger partial charge in [-0.2, -0.15) is 14.7 Å². The number of fused-ring (bicyclic) bond motifs is 2. The minimum atomic E-state index is 0.298. The molecule has 7 nitrogen and oxygen atoms in total. The number of aromatic amines is 1. The van der Waals surface area contributed by atoms with Crippen LogP contribution in [0.3, 0.4) is 0 Å². The summed E-state index contributed by atoms with van der Waals surface area (Å²) in [7, 11) is 0. The summed E-state index contributed by atoms with van der Waals surface area (Å²) < 4.78 is 7.55. The Morgan fingerprint density at radius 2 is 1.96 bits per heavy atom. The predicted molar refractivity (Wildman–Crippen MR) is 110 cm³/mol. The normalized spacial score (nSPS) is 15.2. The van der Waals surface area contributed by atoms with E-state index in [2.05, 4.69) is 54.1 Å². The summed E-state index contributed by atoms with van der Waals surface area (Å²) in [5, 5.41) is 13.3. The summed E-state index contributed by atoms with van der Waals surface area (Å²) >= 11 is 0. The van der Waals surface area contributed by atoms with Crippen LogP contribution in [0.4, 0.5) is 5.95 Å². The Morgan fingerprint density at radius 3 is 2.75 bits per heavy atom. The lowest BCUT2D eigenvalue weighted by Crippen LogP contribution is -2.38. The molecule has 1 fully saturated rings. The summed E-state index contributed by atoms with van der Waals surface area (Å²) in [5.41, 5.74) is 6.73. The van der Waals surface area contributed by atoms with Crippen molar-refractivity contribution in [2.75, 3.05) is 31.2 Å². The summed E-state index contributed by atoms with van der Waals surface area (Å²) in [6.45, 7) is 9.60. The zero-order valence-electron chi connectivity index (χ0n) is 16.4. The first-order valence-corrected chi connectivity index (χ1v) is 9.78. The highest BCUT2D eigenvalue weighted by molar-refractivity contribution is 5.91. The molecular weight excluding hydrogens is 352 g/mol. The molecule has 4 heterocycles. The molecule has 4 aromatic rings. The third-order valence-corrected chi connectivity index (χ3v) is 5.42. The van der Waals surface area contributed by atoms with Gasteiger partial charge in [0.2, 0.25) is 5.95 Å². The van der Waals surface area contributed by atoms with Crippen LogP contribution >= 0.6 is 0 Å². The minimum Gasteiger partial charge on any atom is -0.378 e. The van der Waals surface area contributed by atoms with E-state index in [1.807, 2.05) is 16.9 Å². The van der Waals surface area contributed by atoms with Crippen molar-refractivity contribution >= 4 is 22.4 Å². The molecule has 0 unspecified atom stereocenters. The molecule has 3 aromatic heterocycles. The van der Waals surface area contributed by atoms with Crippen molar-refractivity contribution in [3.63, 3.8) is 0 Å². The number of aromatic nitrogens is 5. The Bertz CT molecular complexity index is 1150. The van der Waals surface area contributed by atoms with E-state index >= 15 is 0 Å². The summed E-state index contributed by atoms with van der Waals surface area (Å²) in [6, 6.07) is 6.43. The number of nitrogens with zero attached hydrogens (tertiary/aromatic N) is 5. The molecule has 1 N–H and O–H groups in total. The Kier molecular flexibility index (Phi) is 4.05. The van der Waals surface area contributed by atoms with Crippen molar-refractivity contribution in [2.45, 2.75) is 26.7 Å². The molecule has 1 aliphatic rings. The second-order valence-electron chi connectivity index (χ2n) is 7.69. The molecule has 0 saturated carbocycles. The Balaban J connectivity index is 1.78. The molecular formula is C21H24N6O. The van der Waals surface area contributed by atoms with Crippen LogP contribution in [0.1, 0.15) is 31.0 Å². The first-order chi connectivity index (χ1) is 13.6. The Hall–Kier alpha value is -2.93. The smallest absolute Gasteiger partial charge is 0.227 e. The van der Waals surface area contributed by atoms with Crippen molar-refractivity contribution in [1.82, 2.24) is 24.8 Å². The first kappa shape index (κ1) is 17.2. The van der Waals surface area contributed by atoms with Gasteiger partial charge in [0.05, 0.1) is 36.1 Å². The lowest BCUT2D eigenvalue weighted by Gasteiger charge is -2.27. The van der Waals surface area contributed by atoms with Gasteiger partial charge in [0.25, 0.3) is 0 Å². The van der Waals surface area contributed by atoms with Crippen molar-refractivity contribution in [1.29, 1.82) is 0 Å². The number of anilines is 1. The monoisotopic (exact) mass is 376 g/mol. The lowest BCUT2D eigenvalue weighted by atomic mass is 9.96. The van der Waals surface area contributed by atoms with Crippen LogP contribution in [0.25, 0.3) is 27.5 Å². The van der Waals surface area contributed by atoms with Crippen molar-refractivity contribution in [3.05, 3.63) is 41.9 Å².